The van der Waals surface area contributed by atoms with Crippen LogP contribution in [0.25, 0.3) is 0 Å². The lowest BCUT2D eigenvalue weighted by Gasteiger charge is -2.28. The van der Waals surface area contributed by atoms with Gasteiger partial charge in [-0.25, -0.2) is 4.79 Å². The lowest BCUT2D eigenvalue weighted by atomic mass is 9.87. The largest absolute Gasteiger partial charge is 0.481 e. The fraction of sp³-hybridized carbons (Fsp3) is 0.440. The molecule has 2 aliphatic rings. The molecule has 2 saturated heterocycles. The molecule has 2 aromatic rings. The van der Waals surface area contributed by atoms with E-state index in [1.54, 1.807) is 0 Å². The maximum Gasteiger partial charge on any atom is 0.318 e. The molecular formula is C25H32ClN3O3. The summed E-state index contributed by atoms with van der Waals surface area (Å²) in [6.07, 6.45) is 3.45. The number of nitrogens with one attached hydrogen (secondary N) is 2. The van der Waals surface area contributed by atoms with Crippen molar-refractivity contribution >= 4 is 24.4 Å². The highest BCUT2D eigenvalue weighted by Gasteiger charge is 2.32. The molecule has 0 aromatic heterocycles. The van der Waals surface area contributed by atoms with Crippen molar-refractivity contribution in [2.75, 3.05) is 26.2 Å². The number of hydrogen-bond acceptors (Lipinski definition) is 3. The van der Waals surface area contributed by atoms with Crippen LogP contribution in [0.2, 0.25) is 0 Å². The Hall–Kier alpha value is -2.57. The second-order valence-corrected chi connectivity index (χ2v) is 8.61. The van der Waals surface area contributed by atoms with Crippen LogP contribution in [0.1, 0.15) is 54.3 Å². The van der Waals surface area contributed by atoms with Crippen molar-refractivity contribution in [3.63, 3.8) is 0 Å². The molecule has 2 aromatic carbocycles. The monoisotopic (exact) mass is 457 g/mol. The van der Waals surface area contributed by atoms with E-state index in [0.29, 0.717) is 12.5 Å². The number of carbonyl (C=O) groups excluding carboxylic acids is 1. The van der Waals surface area contributed by atoms with Crippen molar-refractivity contribution in [2.45, 2.75) is 37.6 Å². The molecule has 0 aliphatic carbocycles. The Morgan fingerprint density at radius 2 is 1.69 bits per heavy atom. The summed E-state index contributed by atoms with van der Waals surface area (Å²) in [5, 5.41) is 15.8. The van der Waals surface area contributed by atoms with Gasteiger partial charge in [-0.1, -0.05) is 54.6 Å². The lowest BCUT2D eigenvalue weighted by molar-refractivity contribution is -0.137. The zero-order chi connectivity index (χ0) is 21.6. The first-order valence-electron chi connectivity index (χ1n) is 11.2. The number of halogens is 1. The summed E-state index contributed by atoms with van der Waals surface area (Å²) in [6, 6.07) is 17.9. The molecule has 3 N–H and O–H groups in total. The van der Waals surface area contributed by atoms with Crippen LogP contribution in [-0.2, 0) is 4.79 Å². The number of aliphatic carboxylic acids is 1. The normalized spacial score (nSPS) is 19.8. The Bertz CT molecular complexity index is 885. The van der Waals surface area contributed by atoms with Crippen LogP contribution in [0.4, 0.5) is 4.79 Å². The van der Waals surface area contributed by atoms with Crippen molar-refractivity contribution in [3.05, 3.63) is 71.3 Å². The van der Waals surface area contributed by atoms with Crippen molar-refractivity contribution < 1.29 is 14.7 Å². The number of amides is 2. The number of carboxylic acid groups (broad SMARTS) is 1. The SMILES string of the molecule is Cl.O=C(O)CC(c1ccccc1)c1ccc(C2CNC(=O)N2CCC2CCNCC2)cc1. The highest BCUT2D eigenvalue weighted by molar-refractivity contribution is 5.85. The van der Waals surface area contributed by atoms with Crippen LogP contribution in [-0.4, -0.2) is 48.2 Å². The first kappa shape index (κ1) is 24.1. The van der Waals surface area contributed by atoms with Crippen molar-refractivity contribution in [1.82, 2.24) is 15.5 Å². The topological polar surface area (TPSA) is 81.7 Å². The number of urea groups is 1. The summed E-state index contributed by atoms with van der Waals surface area (Å²) in [5.41, 5.74) is 3.07. The number of benzene rings is 2. The van der Waals surface area contributed by atoms with Gasteiger partial charge >= 0.3 is 12.0 Å². The Labute approximate surface area is 195 Å². The van der Waals surface area contributed by atoms with Gasteiger partial charge in [-0.2, -0.15) is 0 Å². The number of rotatable bonds is 8. The number of carbonyl (C=O) groups is 2. The van der Waals surface area contributed by atoms with E-state index in [1.165, 1.54) is 12.8 Å². The van der Waals surface area contributed by atoms with Gasteiger partial charge in [0, 0.05) is 19.0 Å². The Balaban J connectivity index is 0.00000289. The molecule has 172 valence electrons. The quantitative estimate of drug-likeness (QED) is 0.555. The predicted molar refractivity (Wildman–Crippen MR) is 127 cm³/mol. The third kappa shape index (κ3) is 5.81. The molecule has 0 bridgehead atoms. The number of nitrogens with zero attached hydrogens (tertiary/aromatic N) is 1. The van der Waals surface area contributed by atoms with Crippen LogP contribution in [0.15, 0.2) is 54.6 Å². The van der Waals surface area contributed by atoms with Gasteiger partial charge in [-0.05, 0) is 55.0 Å². The Morgan fingerprint density at radius 3 is 2.34 bits per heavy atom. The molecule has 2 atom stereocenters. The van der Waals surface area contributed by atoms with E-state index in [0.717, 1.165) is 42.7 Å². The Morgan fingerprint density at radius 1 is 1.03 bits per heavy atom. The molecule has 0 radical (unpaired) electrons. The second-order valence-electron chi connectivity index (χ2n) is 8.61. The van der Waals surface area contributed by atoms with Gasteiger partial charge in [0.2, 0.25) is 0 Å². The smallest absolute Gasteiger partial charge is 0.318 e. The summed E-state index contributed by atoms with van der Waals surface area (Å²) in [4.78, 5) is 25.9. The molecular weight excluding hydrogens is 426 g/mol. The van der Waals surface area contributed by atoms with E-state index < -0.39 is 5.97 Å². The van der Waals surface area contributed by atoms with Crippen molar-refractivity contribution in [2.24, 2.45) is 5.92 Å². The molecule has 4 rings (SSSR count). The highest BCUT2D eigenvalue weighted by atomic mass is 35.5. The molecule has 2 heterocycles. The molecule has 7 heteroatoms. The van der Waals surface area contributed by atoms with E-state index in [4.69, 9.17) is 0 Å². The summed E-state index contributed by atoms with van der Waals surface area (Å²) >= 11 is 0. The zero-order valence-corrected chi connectivity index (χ0v) is 19.0. The molecule has 2 amide bonds. The first-order valence-corrected chi connectivity index (χ1v) is 11.2. The molecule has 2 unspecified atom stereocenters. The zero-order valence-electron chi connectivity index (χ0n) is 18.2. The summed E-state index contributed by atoms with van der Waals surface area (Å²) in [5.74, 6) is -0.319. The third-order valence-electron chi connectivity index (χ3n) is 6.62. The third-order valence-corrected chi connectivity index (χ3v) is 6.62. The standard InChI is InChI=1S/C25H31N3O3.ClH/c29-24(30)16-22(19-4-2-1-3-5-19)20-6-8-21(9-7-20)23-17-27-25(31)28(23)15-12-18-10-13-26-14-11-18;/h1-9,18,22-23,26H,10-17H2,(H,27,31)(H,29,30);1H. The maximum atomic E-state index is 12.4. The van der Waals surface area contributed by atoms with Gasteiger partial charge in [0.25, 0.3) is 0 Å². The van der Waals surface area contributed by atoms with E-state index in [9.17, 15) is 14.7 Å². The van der Waals surface area contributed by atoms with Crippen LogP contribution in [0, 0.1) is 5.92 Å². The fourth-order valence-corrected chi connectivity index (χ4v) is 4.82. The molecule has 0 spiro atoms. The minimum atomic E-state index is -0.812. The average Bonchev–Trinajstić information content (AvgIpc) is 3.17. The number of carboxylic acids is 1. The second kappa shape index (κ2) is 11.3. The van der Waals surface area contributed by atoms with Gasteiger partial charge < -0.3 is 20.6 Å². The number of piperidine rings is 1. The van der Waals surface area contributed by atoms with Crippen molar-refractivity contribution in [3.8, 4) is 0 Å². The van der Waals surface area contributed by atoms with Crippen LogP contribution in [0.3, 0.4) is 0 Å². The fourth-order valence-electron chi connectivity index (χ4n) is 4.82. The minimum absolute atomic E-state index is 0. The van der Waals surface area contributed by atoms with Gasteiger partial charge in [0.05, 0.1) is 12.5 Å². The first-order chi connectivity index (χ1) is 15.1. The van der Waals surface area contributed by atoms with Crippen molar-refractivity contribution in [1.29, 1.82) is 0 Å². The molecule has 2 aliphatic heterocycles. The predicted octanol–water partition coefficient (Wildman–Crippen LogP) is 4.17. The van der Waals surface area contributed by atoms with E-state index in [2.05, 4.69) is 22.8 Å². The summed E-state index contributed by atoms with van der Waals surface area (Å²) < 4.78 is 0. The van der Waals surface area contributed by atoms with Gasteiger partial charge in [0.15, 0.2) is 0 Å². The molecule has 2 fully saturated rings. The molecule has 32 heavy (non-hydrogen) atoms. The van der Waals surface area contributed by atoms with Gasteiger partial charge in [-0.3, -0.25) is 4.79 Å². The number of hydrogen-bond donors (Lipinski definition) is 3. The maximum absolute atomic E-state index is 12.4. The van der Waals surface area contributed by atoms with Crippen LogP contribution in [0.5, 0.6) is 0 Å². The summed E-state index contributed by atoms with van der Waals surface area (Å²) in [7, 11) is 0. The van der Waals surface area contributed by atoms with E-state index >= 15 is 0 Å². The Kier molecular flexibility index (Phi) is 8.53. The minimum Gasteiger partial charge on any atom is -0.481 e. The van der Waals surface area contributed by atoms with Crippen LogP contribution < -0.4 is 10.6 Å². The highest BCUT2D eigenvalue weighted by Crippen LogP contribution is 2.31. The van der Waals surface area contributed by atoms with Gasteiger partial charge in [0.1, 0.15) is 0 Å². The average molecular weight is 458 g/mol. The molecule has 6 nitrogen and oxygen atoms in total. The van der Waals surface area contributed by atoms with E-state index in [-0.39, 0.29) is 36.8 Å². The van der Waals surface area contributed by atoms with E-state index in [1.807, 2.05) is 47.4 Å². The lowest BCUT2D eigenvalue weighted by Crippen LogP contribution is -2.34. The summed E-state index contributed by atoms with van der Waals surface area (Å²) in [6.45, 7) is 3.53. The molecule has 0 saturated carbocycles. The van der Waals surface area contributed by atoms with Gasteiger partial charge in [-0.15, -0.1) is 12.4 Å². The van der Waals surface area contributed by atoms with Crippen LogP contribution >= 0.6 is 12.4 Å².